The molecular formula is C16H29N3O3. The molecule has 3 rings (SSSR count). The van der Waals surface area contributed by atoms with Crippen molar-refractivity contribution in [2.24, 2.45) is 0 Å². The Morgan fingerprint density at radius 1 is 1.00 bits per heavy atom. The van der Waals surface area contributed by atoms with Crippen molar-refractivity contribution in [3.05, 3.63) is 0 Å². The van der Waals surface area contributed by atoms with Gasteiger partial charge < -0.3 is 14.4 Å². The second-order valence-electron chi connectivity index (χ2n) is 6.89. The van der Waals surface area contributed by atoms with Crippen LogP contribution >= 0.6 is 0 Å². The van der Waals surface area contributed by atoms with E-state index in [-0.39, 0.29) is 11.7 Å². The van der Waals surface area contributed by atoms with Crippen LogP contribution in [0.25, 0.3) is 0 Å². The lowest BCUT2D eigenvalue weighted by Gasteiger charge is -2.40. The molecule has 0 bridgehead atoms. The third kappa shape index (κ3) is 3.62. The molecule has 3 aliphatic heterocycles. The summed E-state index contributed by atoms with van der Waals surface area (Å²) in [6, 6.07) is 0.600. The molecule has 1 spiro atoms. The number of hydrogen-bond donors (Lipinski definition) is 0. The number of piperidine rings is 1. The second kappa shape index (κ2) is 6.83. The van der Waals surface area contributed by atoms with Gasteiger partial charge in [0.05, 0.1) is 19.8 Å². The molecule has 0 saturated carbocycles. The topological polar surface area (TPSA) is 45.2 Å². The zero-order chi connectivity index (χ0) is 15.6. The number of hydrogen-bond acceptors (Lipinski definition) is 5. The monoisotopic (exact) mass is 311 g/mol. The van der Waals surface area contributed by atoms with Crippen LogP contribution < -0.4 is 0 Å². The minimum atomic E-state index is -0.389. The van der Waals surface area contributed by atoms with Gasteiger partial charge in [-0.2, -0.15) is 0 Å². The summed E-state index contributed by atoms with van der Waals surface area (Å²) in [5, 5.41) is 0. The maximum atomic E-state index is 12.5. The Kier molecular flexibility index (Phi) is 5.02. The highest BCUT2D eigenvalue weighted by Gasteiger charge is 2.40. The van der Waals surface area contributed by atoms with E-state index in [0.717, 1.165) is 52.1 Å². The summed E-state index contributed by atoms with van der Waals surface area (Å²) in [4.78, 5) is 19.2. The van der Waals surface area contributed by atoms with Crippen molar-refractivity contribution in [1.29, 1.82) is 0 Å². The quantitative estimate of drug-likeness (QED) is 0.754. The SMILES string of the molecule is CC(C)N1CCN(CC(=O)N2CCC3(CC2)OCCO3)CC1. The van der Waals surface area contributed by atoms with Gasteiger partial charge in [0.2, 0.25) is 5.91 Å². The van der Waals surface area contributed by atoms with E-state index in [2.05, 4.69) is 23.6 Å². The van der Waals surface area contributed by atoms with Crippen LogP contribution in [-0.4, -0.2) is 91.5 Å². The number of likely N-dealkylation sites (tertiary alicyclic amines) is 1. The van der Waals surface area contributed by atoms with Gasteiger partial charge in [0.15, 0.2) is 5.79 Å². The lowest BCUT2D eigenvalue weighted by Crippen LogP contribution is -2.53. The fraction of sp³-hybridized carbons (Fsp3) is 0.938. The Morgan fingerprint density at radius 3 is 2.14 bits per heavy atom. The number of piperazine rings is 1. The van der Waals surface area contributed by atoms with Crippen LogP contribution in [0.1, 0.15) is 26.7 Å². The van der Waals surface area contributed by atoms with Gasteiger partial charge in [0, 0.05) is 58.2 Å². The Labute approximate surface area is 133 Å². The van der Waals surface area contributed by atoms with Gasteiger partial charge >= 0.3 is 0 Å². The Bertz CT molecular complexity index is 378. The van der Waals surface area contributed by atoms with Gasteiger partial charge in [-0.25, -0.2) is 0 Å². The molecule has 0 atom stereocenters. The molecule has 6 heteroatoms. The van der Waals surface area contributed by atoms with E-state index in [1.54, 1.807) is 0 Å². The maximum absolute atomic E-state index is 12.5. The zero-order valence-electron chi connectivity index (χ0n) is 13.9. The fourth-order valence-corrected chi connectivity index (χ4v) is 3.61. The van der Waals surface area contributed by atoms with Crippen molar-refractivity contribution in [3.8, 4) is 0 Å². The molecule has 22 heavy (non-hydrogen) atoms. The van der Waals surface area contributed by atoms with E-state index in [1.807, 2.05) is 4.90 Å². The molecule has 3 fully saturated rings. The minimum absolute atomic E-state index is 0.255. The predicted molar refractivity (Wildman–Crippen MR) is 83.6 cm³/mol. The molecule has 0 aliphatic carbocycles. The van der Waals surface area contributed by atoms with Crippen LogP contribution in [0.4, 0.5) is 0 Å². The number of carbonyl (C=O) groups is 1. The van der Waals surface area contributed by atoms with Gasteiger partial charge in [0.1, 0.15) is 0 Å². The van der Waals surface area contributed by atoms with E-state index >= 15 is 0 Å². The van der Waals surface area contributed by atoms with Crippen LogP contribution in [0.15, 0.2) is 0 Å². The number of ether oxygens (including phenoxy) is 2. The minimum Gasteiger partial charge on any atom is -0.347 e. The van der Waals surface area contributed by atoms with Crippen molar-refractivity contribution in [2.75, 3.05) is 59.0 Å². The van der Waals surface area contributed by atoms with Crippen molar-refractivity contribution in [1.82, 2.24) is 14.7 Å². The highest BCUT2D eigenvalue weighted by Crippen LogP contribution is 2.31. The maximum Gasteiger partial charge on any atom is 0.236 e. The molecular weight excluding hydrogens is 282 g/mol. The predicted octanol–water partition coefficient (Wildman–Crippen LogP) is 0.378. The third-order valence-electron chi connectivity index (χ3n) is 5.19. The molecule has 3 aliphatic rings. The first-order chi connectivity index (χ1) is 10.6. The van der Waals surface area contributed by atoms with E-state index in [9.17, 15) is 4.79 Å². The third-order valence-corrected chi connectivity index (χ3v) is 5.19. The summed E-state index contributed by atoms with van der Waals surface area (Å²) in [6.45, 7) is 12.0. The molecule has 3 saturated heterocycles. The van der Waals surface area contributed by atoms with Crippen LogP contribution in [0.5, 0.6) is 0 Å². The molecule has 0 aromatic carbocycles. The van der Waals surface area contributed by atoms with E-state index < -0.39 is 0 Å². The molecule has 1 amide bonds. The van der Waals surface area contributed by atoms with E-state index in [4.69, 9.17) is 9.47 Å². The number of carbonyl (C=O) groups excluding carboxylic acids is 1. The Balaban J connectivity index is 1.41. The molecule has 0 aromatic heterocycles. The van der Waals surface area contributed by atoms with Gasteiger partial charge in [-0.3, -0.25) is 14.6 Å². The first-order valence-electron chi connectivity index (χ1n) is 8.60. The van der Waals surface area contributed by atoms with Gasteiger partial charge in [0.25, 0.3) is 0 Å². The van der Waals surface area contributed by atoms with Gasteiger partial charge in [-0.05, 0) is 13.8 Å². The van der Waals surface area contributed by atoms with Crippen molar-refractivity contribution < 1.29 is 14.3 Å². The molecule has 6 nitrogen and oxygen atoms in total. The van der Waals surface area contributed by atoms with Crippen LogP contribution in [0.3, 0.4) is 0 Å². The molecule has 0 unspecified atom stereocenters. The normalized spacial score (nSPS) is 27.0. The van der Waals surface area contributed by atoms with Crippen LogP contribution in [0.2, 0.25) is 0 Å². The Hall–Kier alpha value is -0.690. The number of rotatable bonds is 3. The largest absolute Gasteiger partial charge is 0.347 e. The number of amides is 1. The highest BCUT2D eigenvalue weighted by molar-refractivity contribution is 5.78. The fourth-order valence-electron chi connectivity index (χ4n) is 3.61. The summed E-state index contributed by atoms with van der Waals surface area (Å²) in [5.41, 5.74) is 0. The van der Waals surface area contributed by atoms with Gasteiger partial charge in [-0.15, -0.1) is 0 Å². The zero-order valence-corrected chi connectivity index (χ0v) is 13.9. The van der Waals surface area contributed by atoms with Crippen molar-refractivity contribution >= 4 is 5.91 Å². The second-order valence-corrected chi connectivity index (χ2v) is 6.89. The van der Waals surface area contributed by atoms with E-state index in [0.29, 0.717) is 25.8 Å². The lowest BCUT2D eigenvalue weighted by atomic mass is 10.0. The molecule has 3 heterocycles. The first kappa shape index (κ1) is 16.2. The van der Waals surface area contributed by atoms with Crippen LogP contribution in [0, 0.1) is 0 Å². The van der Waals surface area contributed by atoms with Crippen LogP contribution in [-0.2, 0) is 14.3 Å². The molecule has 126 valence electrons. The summed E-state index contributed by atoms with van der Waals surface area (Å²) >= 11 is 0. The summed E-state index contributed by atoms with van der Waals surface area (Å²) < 4.78 is 11.4. The van der Waals surface area contributed by atoms with Crippen molar-refractivity contribution in [3.63, 3.8) is 0 Å². The molecule has 0 N–H and O–H groups in total. The summed E-state index contributed by atoms with van der Waals surface area (Å²) in [7, 11) is 0. The van der Waals surface area contributed by atoms with Crippen molar-refractivity contribution in [2.45, 2.75) is 38.5 Å². The first-order valence-corrected chi connectivity index (χ1v) is 8.60. The summed E-state index contributed by atoms with van der Waals surface area (Å²) in [5.74, 6) is -0.134. The lowest BCUT2D eigenvalue weighted by molar-refractivity contribution is -0.187. The average molecular weight is 311 g/mol. The van der Waals surface area contributed by atoms with Gasteiger partial charge in [-0.1, -0.05) is 0 Å². The Morgan fingerprint density at radius 2 is 1.59 bits per heavy atom. The highest BCUT2D eigenvalue weighted by atomic mass is 16.7. The standard InChI is InChI=1S/C16H29N3O3/c1-14(2)18-9-7-17(8-10-18)13-15(20)19-5-3-16(4-6-19)21-11-12-22-16/h14H,3-13H2,1-2H3. The smallest absolute Gasteiger partial charge is 0.236 e. The molecule has 0 aromatic rings. The molecule has 0 radical (unpaired) electrons. The number of nitrogens with zero attached hydrogens (tertiary/aromatic N) is 3. The van der Waals surface area contributed by atoms with E-state index in [1.165, 1.54) is 0 Å². The summed E-state index contributed by atoms with van der Waals surface area (Å²) in [6.07, 6.45) is 1.61. The average Bonchev–Trinajstić information content (AvgIpc) is 2.96.